The van der Waals surface area contributed by atoms with Gasteiger partial charge in [-0.1, -0.05) is 64.3 Å². The molecule has 1 atom stereocenters. The van der Waals surface area contributed by atoms with Crippen molar-refractivity contribution >= 4 is 33.4 Å². The molecule has 4 nitrogen and oxygen atoms in total. The third-order valence-corrected chi connectivity index (χ3v) is 5.13. The van der Waals surface area contributed by atoms with E-state index in [1.807, 2.05) is 44.2 Å². The van der Waals surface area contributed by atoms with Crippen LogP contribution in [0, 0.1) is 6.92 Å². The van der Waals surface area contributed by atoms with E-state index >= 15 is 0 Å². The third-order valence-electron chi connectivity index (χ3n) is 4.34. The van der Waals surface area contributed by atoms with Crippen LogP contribution >= 0.6 is 27.5 Å². The van der Waals surface area contributed by atoms with Crippen LogP contribution in [0.3, 0.4) is 0 Å². The van der Waals surface area contributed by atoms with Crippen molar-refractivity contribution in [3.05, 3.63) is 86.7 Å². The topological polar surface area (TPSA) is 51.5 Å². The fraction of sp³-hybridized carbons (Fsp3) is 0.227. The predicted molar refractivity (Wildman–Crippen MR) is 114 cm³/mol. The Kier molecular flexibility index (Phi) is 6.81. The smallest absolute Gasteiger partial charge is 0.287 e. The number of amides is 1. The molecule has 0 radical (unpaired) electrons. The van der Waals surface area contributed by atoms with Gasteiger partial charge in [-0.15, -0.1) is 0 Å². The van der Waals surface area contributed by atoms with Gasteiger partial charge in [0.2, 0.25) is 0 Å². The van der Waals surface area contributed by atoms with Gasteiger partial charge < -0.3 is 14.5 Å². The molecule has 3 aromatic rings. The van der Waals surface area contributed by atoms with E-state index in [4.69, 9.17) is 20.8 Å². The lowest BCUT2D eigenvalue weighted by Gasteiger charge is -2.17. The molecule has 0 aliphatic carbocycles. The number of rotatable bonds is 7. The first-order valence-electron chi connectivity index (χ1n) is 9.00. The van der Waals surface area contributed by atoms with Crippen molar-refractivity contribution in [3.63, 3.8) is 0 Å². The summed E-state index contributed by atoms with van der Waals surface area (Å²) in [4.78, 5) is 12.6. The quantitative estimate of drug-likeness (QED) is 0.438. The third kappa shape index (κ3) is 5.18. The van der Waals surface area contributed by atoms with E-state index in [1.165, 1.54) is 5.56 Å². The summed E-state index contributed by atoms with van der Waals surface area (Å²) in [5.41, 5.74) is 2.26. The maximum atomic E-state index is 12.6. The number of aryl methyl sites for hydroxylation is 1. The lowest BCUT2D eigenvalue weighted by atomic mass is 10.0. The highest BCUT2D eigenvalue weighted by atomic mass is 79.9. The second-order valence-electron chi connectivity index (χ2n) is 6.47. The van der Waals surface area contributed by atoms with Crippen LogP contribution in [0.25, 0.3) is 0 Å². The van der Waals surface area contributed by atoms with Gasteiger partial charge in [-0.3, -0.25) is 4.79 Å². The van der Waals surface area contributed by atoms with Gasteiger partial charge in [-0.25, -0.2) is 0 Å². The summed E-state index contributed by atoms with van der Waals surface area (Å²) in [6.07, 6.45) is 0.785. The van der Waals surface area contributed by atoms with Gasteiger partial charge in [0, 0.05) is 4.47 Å². The molecule has 146 valence electrons. The van der Waals surface area contributed by atoms with E-state index in [2.05, 4.69) is 21.2 Å². The molecule has 0 aliphatic rings. The number of carbonyl (C=O) groups excluding carboxylic acids is 1. The Labute approximate surface area is 178 Å². The molecular formula is C22H21BrClNO3. The molecule has 3 rings (SSSR count). The average Bonchev–Trinajstić information content (AvgIpc) is 3.15. The van der Waals surface area contributed by atoms with Gasteiger partial charge >= 0.3 is 0 Å². The molecule has 0 saturated carbocycles. The standard InChI is InChI=1S/C22H21BrClNO3/c1-3-19(15-6-4-14(2)5-7-15)25-22(26)21-11-9-17(28-21)13-27-20-10-8-16(23)12-18(20)24/h4-12,19H,3,13H2,1-2H3,(H,25,26). The van der Waals surface area contributed by atoms with Crippen molar-refractivity contribution in [2.75, 3.05) is 0 Å². The molecule has 0 saturated heterocycles. The Morgan fingerprint density at radius 2 is 1.93 bits per heavy atom. The first kappa shape index (κ1) is 20.5. The summed E-state index contributed by atoms with van der Waals surface area (Å²) in [5, 5.41) is 3.52. The van der Waals surface area contributed by atoms with Crippen LogP contribution in [0.2, 0.25) is 5.02 Å². The minimum absolute atomic E-state index is 0.0699. The molecule has 0 spiro atoms. The van der Waals surface area contributed by atoms with Crippen LogP contribution in [0.5, 0.6) is 5.75 Å². The highest BCUT2D eigenvalue weighted by Crippen LogP contribution is 2.28. The first-order chi connectivity index (χ1) is 13.5. The van der Waals surface area contributed by atoms with Crippen LogP contribution in [-0.4, -0.2) is 5.91 Å². The molecule has 6 heteroatoms. The van der Waals surface area contributed by atoms with Crippen LogP contribution in [0.4, 0.5) is 0 Å². The molecule has 0 fully saturated rings. The molecular weight excluding hydrogens is 442 g/mol. The van der Waals surface area contributed by atoms with Crippen molar-refractivity contribution in [2.45, 2.75) is 32.9 Å². The molecule has 1 amide bonds. The van der Waals surface area contributed by atoms with Crippen molar-refractivity contribution in [2.24, 2.45) is 0 Å². The summed E-state index contributed by atoms with van der Waals surface area (Å²) >= 11 is 9.50. The largest absolute Gasteiger partial charge is 0.484 e. The molecule has 2 aromatic carbocycles. The average molecular weight is 463 g/mol. The fourth-order valence-corrected chi connectivity index (χ4v) is 3.50. The van der Waals surface area contributed by atoms with E-state index in [0.29, 0.717) is 16.5 Å². The molecule has 1 N–H and O–H groups in total. The van der Waals surface area contributed by atoms with Crippen molar-refractivity contribution in [1.82, 2.24) is 5.32 Å². The summed E-state index contributed by atoms with van der Waals surface area (Å²) in [6.45, 7) is 4.26. The zero-order valence-corrected chi connectivity index (χ0v) is 18.0. The number of halogens is 2. The molecule has 0 bridgehead atoms. The molecule has 0 aliphatic heterocycles. The minimum Gasteiger partial charge on any atom is -0.484 e. The van der Waals surface area contributed by atoms with Gasteiger partial charge in [0.05, 0.1) is 11.1 Å². The highest BCUT2D eigenvalue weighted by Gasteiger charge is 2.17. The van der Waals surface area contributed by atoms with E-state index in [9.17, 15) is 4.79 Å². The molecule has 1 aromatic heterocycles. The highest BCUT2D eigenvalue weighted by molar-refractivity contribution is 9.10. The number of hydrogen-bond donors (Lipinski definition) is 1. The Bertz CT molecular complexity index is 953. The monoisotopic (exact) mass is 461 g/mol. The first-order valence-corrected chi connectivity index (χ1v) is 10.2. The van der Waals surface area contributed by atoms with Gasteiger partial charge in [0.25, 0.3) is 5.91 Å². The van der Waals surface area contributed by atoms with Gasteiger partial charge in [0.1, 0.15) is 18.1 Å². The normalized spacial score (nSPS) is 11.9. The zero-order chi connectivity index (χ0) is 20.1. The minimum atomic E-state index is -0.250. The Balaban J connectivity index is 1.62. The van der Waals surface area contributed by atoms with Crippen LogP contribution in [-0.2, 0) is 6.61 Å². The summed E-state index contributed by atoms with van der Waals surface area (Å²) in [6, 6.07) is 16.8. The van der Waals surface area contributed by atoms with Crippen LogP contribution < -0.4 is 10.1 Å². The van der Waals surface area contributed by atoms with Crippen molar-refractivity contribution in [1.29, 1.82) is 0 Å². The fourth-order valence-electron chi connectivity index (χ4n) is 2.77. The van der Waals surface area contributed by atoms with Gasteiger partial charge in [-0.2, -0.15) is 0 Å². The van der Waals surface area contributed by atoms with Crippen molar-refractivity contribution in [3.8, 4) is 5.75 Å². The molecule has 1 unspecified atom stereocenters. The van der Waals surface area contributed by atoms with E-state index < -0.39 is 0 Å². The Hall–Kier alpha value is -2.24. The van der Waals surface area contributed by atoms with E-state index in [-0.39, 0.29) is 24.3 Å². The Morgan fingerprint density at radius 3 is 2.61 bits per heavy atom. The second-order valence-corrected chi connectivity index (χ2v) is 7.80. The number of carbonyl (C=O) groups is 1. The van der Waals surface area contributed by atoms with Crippen LogP contribution in [0.1, 0.15) is 46.8 Å². The molecule has 28 heavy (non-hydrogen) atoms. The summed E-state index contributed by atoms with van der Waals surface area (Å²) in [5.74, 6) is 1.11. The number of hydrogen-bond acceptors (Lipinski definition) is 3. The predicted octanol–water partition coefficient (Wildman–Crippen LogP) is 6.46. The lowest BCUT2D eigenvalue weighted by Crippen LogP contribution is -2.27. The SMILES string of the molecule is CCC(NC(=O)c1ccc(COc2ccc(Br)cc2Cl)o1)c1ccc(C)cc1. The lowest BCUT2D eigenvalue weighted by molar-refractivity contribution is 0.0903. The van der Waals surface area contributed by atoms with Gasteiger partial charge in [0.15, 0.2) is 5.76 Å². The van der Waals surface area contributed by atoms with Crippen LogP contribution in [0.15, 0.2) is 63.5 Å². The maximum Gasteiger partial charge on any atom is 0.287 e. The number of benzene rings is 2. The number of ether oxygens (including phenoxy) is 1. The number of furan rings is 1. The van der Waals surface area contributed by atoms with E-state index in [0.717, 1.165) is 16.5 Å². The van der Waals surface area contributed by atoms with Crippen molar-refractivity contribution < 1.29 is 13.9 Å². The zero-order valence-electron chi connectivity index (χ0n) is 15.7. The molecule has 1 heterocycles. The Morgan fingerprint density at radius 1 is 1.18 bits per heavy atom. The van der Waals surface area contributed by atoms with Gasteiger partial charge in [-0.05, 0) is 49.2 Å². The number of nitrogens with one attached hydrogen (secondary N) is 1. The second kappa shape index (κ2) is 9.30. The summed E-state index contributed by atoms with van der Waals surface area (Å²) < 4.78 is 12.2. The van der Waals surface area contributed by atoms with E-state index in [1.54, 1.807) is 24.3 Å². The summed E-state index contributed by atoms with van der Waals surface area (Å²) in [7, 11) is 0. The maximum absolute atomic E-state index is 12.6.